The number of hydrogen-bond acceptors (Lipinski definition) is 3. The normalized spacial score (nSPS) is 15.1. The molecule has 21 heavy (non-hydrogen) atoms. The Labute approximate surface area is 120 Å². The molecule has 114 valence electrons. The fourth-order valence-corrected chi connectivity index (χ4v) is 2.53. The Kier molecular flexibility index (Phi) is 2.79. The minimum absolute atomic E-state index is 0.0754. The van der Waals surface area contributed by atoms with Crippen molar-refractivity contribution in [3.8, 4) is 11.8 Å². The minimum Gasteiger partial charge on any atom is -0.384 e. The van der Waals surface area contributed by atoms with Gasteiger partial charge < -0.3 is 5.73 Å². The Hall–Kier alpha value is -1.99. The summed E-state index contributed by atoms with van der Waals surface area (Å²) in [5.41, 5.74) is 5.27. The number of halogens is 6. The molecule has 0 fully saturated rings. The molecule has 0 saturated heterocycles. The van der Waals surface area contributed by atoms with Crippen molar-refractivity contribution in [2.75, 3.05) is 5.73 Å². The third-order valence-corrected chi connectivity index (χ3v) is 3.89. The van der Waals surface area contributed by atoms with Crippen LogP contribution in [0.2, 0.25) is 5.02 Å². The van der Waals surface area contributed by atoms with Gasteiger partial charge in [0, 0.05) is 6.07 Å². The van der Waals surface area contributed by atoms with Crippen LogP contribution in [0, 0.1) is 11.3 Å². The van der Waals surface area contributed by atoms with Gasteiger partial charge in [0.25, 0.3) is 0 Å². The predicted molar refractivity (Wildman–Crippen MR) is 69.1 cm³/mol. The molecule has 0 aliphatic rings. The summed E-state index contributed by atoms with van der Waals surface area (Å²) in [4.78, 5) is -2.12. The van der Waals surface area contributed by atoms with E-state index in [4.69, 9.17) is 22.6 Å². The highest BCUT2D eigenvalue weighted by Crippen LogP contribution is 3.02. The summed E-state index contributed by atoms with van der Waals surface area (Å²) >= 11 is 5.60. The Morgan fingerprint density at radius 2 is 1.81 bits per heavy atom. The number of anilines is 1. The number of nitrogen functional groups attached to an aromatic ring is 1. The average Bonchev–Trinajstić information content (AvgIpc) is 2.67. The van der Waals surface area contributed by atoms with Crippen LogP contribution in [-0.4, -0.2) is 9.78 Å². The smallest absolute Gasteiger partial charge is 0.310 e. The van der Waals surface area contributed by atoms with Gasteiger partial charge in [-0.25, -0.2) is 4.68 Å². The van der Waals surface area contributed by atoms with E-state index >= 15 is 0 Å². The maximum Gasteiger partial charge on any atom is 0.310 e. The Balaban J connectivity index is 2.61. The fourth-order valence-electron chi connectivity index (χ4n) is 1.54. The summed E-state index contributed by atoms with van der Waals surface area (Å²) in [6.07, 6.45) is 0. The van der Waals surface area contributed by atoms with Crippen molar-refractivity contribution in [3.05, 3.63) is 35.0 Å². The van der Waals surface area contributed by atoms with Crippen molar-refractivity contribution in [2.45, 2.75) is 4.90 Å². The summed E-state index contributed by atoms with van der Waals surface area (Å²) in [7, 11) is -9.81. The van der Waals surface area contributed by atoms with Gasteiger partial charge in [0.15, 0.2) is 5.69 Å². The van der Waals surface area contributed by atoms with Gasteiger partial charge >= 0.3 is 10.2 Å². The molecule has 2 aromatic rings. The number of nitrogens with zero attached hydrogens (tertiary/aromatic N) is 3. The average molecular weight is 345 g/mol. The molecule has 0 spiro atoms. The molecule has 1 aromatic heterocycles. The van der Waals surface area contributed by atoms with E-state index in [1.165, 1.54) is 0 Å². The highest BCUT2D eigenvalue weighted by atomic mass is 35.5. The van der Waals surface area contributed by atoms with Crippen LogP contribution in [0.25, 0.3) is 5.69 Å². The highest BCUT2D eigenvalue weighted by Gasteiger charge is 2.65. The van der Waals surface area contributed by atoms with Crippen LogP contribution in [0.1, 0.15) is 5.69 Å². The fraction of sp³-hybridized carbons (Fsp3) is 0. The summed E-state index contributed by atoms with van der Waals surface area (Å²) in [6, 6.07) is 3.84. The van der Waals surface area contributed by atoms with E-state index in [1.54, 1.807) is 6.07 Å². The number of benzene rings is 1. The maximum atomic E-state index is 12.7. The molecule has 0 aliphatic carbocycles. The van der Waals surface area contributed by atoms with Crippen molar-refractivity contribution in [2.24, 2.45) is 0 Å². The van der Waals surface area contributed by atoms with Crippen molar-refractivity contribution >= 4 is 27.6 Å². The van der Waals surface area contributed by atoms with Gasteiger partial charge in [0.2, 0.25) is 0 Å². The highest BCUT2D eigenvalue weighted by molar-refractivity contribution is 8.45. The van der Waals surface area contributed by atoms with Gasteiger partial charge in [0.05, 0.1) is 10.7 Å². The van der Waals surface area contributed by atoms with Gasteiger partial charge in [-0.3, -0.25) is 0 Å². The van der Waals surface area contributed by atoms with E-state index in [0.717, 1.165) is 10.7 Å². The van der Waals surface area contributed by atoms with Crippen LogP contribution in [0.5, 0.6) is 0 Å². The van der Waals surface area contributed by atoms with E-state index in [2.05, 4.69) is 5.10 Å². The molecule has 2 N–H and O–H groups in total. The minimum atomic E-state index is -9.81. The first-order chi connectivity index (χ1) is 9.31. The van der Waals surface area contributed by atoms with E-state index in [0.29, 0.717) is 6.07 Å². The zero-order chi connectivity index (χ0) is 16.1. The molecular weight excluding hydrogens is 339 g/mol. The third kappa shape index (κ3) is 3.03. The van der Waals surface area contributed by atoms with Gasteiger partial charge in [-0.05, 0) is 18.2 Å². The zero-order valence-corrected chi connectivity index (χ0v) is 11.5. The zero-order valence-electron chi connectivity index (χ0n) is 9.90. The monoisotopic (exact) mass is 344 g/mol. The molecule has 0 amide bonds. The molecular formula is C10H6ClF5N4S. The number of hydrogen-bond donors (Lipinski definition) is 1. The van der Waals surface area contributed by atoms with Crippen molar-refractivity contribution in [3.63, 3.8) is 0 Å². The number of nitriles is 1. The van der Waals surface area contributed by atoms with E-state index < -0.39 is 20.1 Å². The molecule has 4 nitrogen and oxygen atoms in total. The molecule has 11 heteroatoms. The molecule has 1 heterocycles. The van der Waals surface area contributed by atoms with Crippen LogP contribution in [0.3, 0.4) is 0 Å². The SMILES string of the molecule is N#Cc1cc(N)n(-c2ccc(S(F)(F)(F)(F)F)cc2Cl)n1. The lowest BCUT2D eigenvalue weighted by atomic mass is 10.3. The molecule has 0 radical (unpaired) electrons. The second kappa shape index (κ2) is 3.80. The molecule has 0 unspecified atom stereocenters. The first-order valence-electron chi connectivity index (χ1n) is 5.11. The van der Waals surface area contributed by atoms with E-state index in [-0.39, 0.29) is 29.3 Å². The van der Waals surface area contributed by atoms with Gasteiger partial charge in [-0.1, -0.05) is 31.0 Å². The summed E-state index contributed by atoms with van der Waals surface area (Å²) in [6.45, 7) is 0. The number of nitrogens with two attached hydrogens (primary N) is 1. The lowest BCUT2D eigenvalue weighted by Crippen LogP contribution is -2.08. The van der Waals surface area contributed by atoms with Gasteiger partial charge in [-0.15, -0.1) is 0 Å². The molecule has 0 saturated carbocycles. The number of rotatable bonds is 2. The van der Waals surface area contributed by atoms with Crippen LogP contribution in [0.15, 0.2) is 29.2 Å². The van der Waals surface area contributed by atoms with Gasteiger partial charge in [0.1, 0.15) is 16.8 Å². The Bertz CT molecular complexity index is 777. The standard InChI is InChI=1S/C10H6ClF5N4S/c11-8-4-7(21(12,13,14,15)16)1-2-9(8)20-10(18)3-6(5-17)19-20/h1-4H,18H2. The second-order valence-corrected chi connectivity index (χ2v) is 6.88. The topological polar surface area (TPSA) is 67.6 Å². The summed E-state index contributed by atoms with van der Waals surface area (Å²) in [5.74, 6) is -0.0754. The molecule has 0 atom stereocenters. The largest absolute Gasteiger partial charge is 0.384 e. The molecule has 0 bridgehead atoms. The van der Waals surface area contributed by atoms with Crippen molar-refractivity contribution in [1.29, 1.82) is 5.26 Å². The predicted octanol–water partition coefficient (Wildman–Crippen LogP) is 4.64. The summed E-state index contributed by atoms with van der Waals surface area (Å²) < 4.78 is 64.1. The first kappa shape index (κ1) is 15.4. The van der Waals surface area contributed by atoms with E-state index in [1.807, 2.05) is 0 Å². The van der Waals surface area contributed by atoms with Gasteiger partial charge in [-0.2, -0.15) is 10.4 Å². The quantitative estimate of drug-likeness (QED) is 0.807. The second-order valence-electron chi connectivity index (χ2n) is 4.06. The Morgan fingerprint density at radius 1 is 1.19 bits per heavy atom. The lowest BCUT2D eigenvalue weighted by molar-refractivity contribution is 0.364. The summed E-state index contributed by atoms with van der Waals surface area (Å²) in [5, 5.41) is 11.7. The van der Waals surface area contributed by atoms with Crippen LogP contribution < -0.4 is 5.73 Å². The van der Waals surface area contributed by atoms with Crippen molar-refractivity contribution in [1.82, 2.24) is 9.78 Å². The maximum absolute atomic E-state index is 12.7. The van der Waals surface area contributed by atoms with Crippen molar-refractivity contribution < 1.29 is 19.4 Å². The molecule has 0 aliphatic heterocycles. The van der Waals surface area contributed by atoms with Crippen LogP contribution in [-0.2, 0) is 0 Å². The number of aromatic nitrogens is 2. The van der Waals surface area contributed by atoms with Crippen LogP contribution >= 0.6 is 21.8 Å². The molecule has 1 aromatic carbocycles. The van der Waals surface area contributed by atoms with Crippen LogP contribution in [0.4, 0.5) is 25.2 Å². The first-order valence-corrected chi connectivity index (χ1v) is 7.44. The Morgan fingerprint density at radius 3 is 2.24 bits per heavy atom. The van der Waals surface area contributed by atoms with E-state index in [9.17, 15) is 19.4 Å². The molecule has 2 rings (SSSR count). The third-order valence-electron chi connectivity index (χ3n) is 2.44. The lowest BCUT2D eigenvalue weighted by Gasteiger charge is -2.40.